The first-order valence-electron chi connectivity index (χ1n) is 6.37. The van der Waals surface area contributed by atoms with E-state index in [0.717, 1.165) is 18.7 Å². The van der Waals surface area contributed by atoms with Crippen LogP contribution in [0.2, 0.25) is 0 Å². The second kappa shape index (κ2) is 6.15. The third-order valence-corrected chi connectivity index (χ3v) is 4.96. The number of nitrogens with zero attached hydrogens (tertiary/aromatic N) is 1. The number of halogens is 1. The molecule has 1 aliphatic heterocycles. The van der Waals surface area contributed by atoms with Crippen molar-refractivity contribution in [3.8, 4) is 0 Å². The predicted molar refractivity (Wildman–Crippen MR) is 81.6 cm³/mol. The van der Waals surface area contributed by atoms with Crippen LogP contribution < -0.4 is 10.0 Å². The van der Waals surface area contributed by atoms with Gasteiger partial charge in [0.1, 0.15) is 4.90 Å². The molecule has 0 saturated heterocycles. The normalized spacial score (nSPS) is 13.8. The van der Waals surface area contributed by atoms with Crippen molar-refractivity contribution in [1.29, 1.82) is 0 Å². The number of H-pyrrole nitrogens is 1. The van der Waals surface area contributed by atoms with E-state index in [-0.39, 0.29) is 23.8 Å². The first-order valence-corrected chi connectivity index (χ1v) is 7.85. The Bertz CT molecular complexity index is 742. The second-order valence-electron chi connectivity index (χ2n) is 4.89. The Labute approximate surface area is 129 Å². The Morgan fingerprint density at radius 3 is 2.76 bits per heavy atom. The van der Waals surface area contributed by atoms with Crippen LogP contribution in [0.4, 0.5) is 0 Å². The highest BCUT2D eigenvalue weighted by atomic mass is 35.5. The van der Waals surface area contributed by atoms with Gasteiger partial charge in [-0.15, -0.1) is 12.4 Å². The van der Waals surface area contributed by atoms with Crippen LogP contribution in [0.1, 0.15) is 22.4 Å². The number of sulfonamides is 1. The fourth-order valence-electron chi connectivity index (χ4n) is 2.32. The molecule has 114 valence electrons. The van der Waals surface area contributed by atoms with E-state index in [0.29, 0.717) is 5.69 Å². The van der Waals surface area contributed by atoms with Gasteiger partial charge in [0.15, 0.2) is 0 Å². The lowest BCUT2D eigenvalue weighted by Crippen LogP contribution is -2.23. The third kappa shape index (κ3) is 3.26. The number of hydrogen-bond acceptors (Lipinski definition) is 4. The molecule has 0 radical (unpaired) electrons. The zero-order chi connectivity index (χ0) is 14.2. The van der Waals surface area contributed by atoms with Crippen LogP contribution >= 0.6 is 12.4 Å². The third-order valence-electron chi connectivity index (χ3n) is 3.44. The molecule has 0 saturated carbocycles. The number of rotatable bonds is 4. The van der Waals surface area contributed by atoms with Gasteiger partial charge in [0, 0.05) is 19.6 Å². The molecule has 2 aromatic rings. The highest BCUT2D eigenvalue weighted by molar-refractivity contribution is 7.89. The molecule has 0 unspecified atom stereocenters. The van der Waals surface area contributed by atoms with Crippen molar-refractivity contribution in [2.75, 3.05) is 0 Å². The number of fused-ring (bicyclic) bond motifs is 1. The summed E-state index contributed by atoms with van der Waals surface area (Å²) >= 11 is 0. The van der Waals surface area contributed by atoms with Crippen LogP contribution in [0.3, 0.4) is 0 Å². The Balaban J connectivity index is 0.00000161. The predicted octanol–water partition coefficient (Wildman–Crippen LogP) is 1.22. The number of benzene rings is 1. The van der Waals surface area contributed by atoms with Crippen molar-refractivity contribution in [3.63, 3.8) is 0 Å². The van der Waals surface area contributed by atoms with Gasteiger partial charge < -0.3 is 5.32 Å². The maximum atomic E-state index is 12.1. The fourth-order valence-corrected chi connectivity index (χ4v) is 3.48. The second-order valence-corrected chi connectivity index (χ2v) is 6.63. The van der Waals surface area contributed by atoms with Gasteiger partial charge in [-0.25, -0.2) is 13.1 Å². The molecule has 0 spiro atoms. The summed E-state index contributed by atoms with van der Waals surface area (Å²) in [6, 6.07) is 6.04. The lowest BCUT2D eigenvalue weighted by Gasteiger charge is -2.07. The summed E-state index contributed by atoms with van der Waals surface area (Å²) in [5, 5.41) is 9.63. The molecule has 0 atom stereocenters. The minimum Gasteiger partial charge on any atom is -0.309 e. The van der Waals surface area contributed by atoms with Crippen molar-refractivity contribution in [1.82, 2.24) is 20.2 Å². The maximum Gasteiger partial charge on any atom is 0.244 e. The highest BCUT2D eigenvalue weighted by Gasteiger charge is 2.18. The zero-order valence-electron chi connectivity index (χ0n) is 11.5. The van der Waals surface area contributed by atoms with Crippen molar-refractivity contribution in [2.45, 2.75) is 31.5 Å². The largest absolute Gasteiger partial charge is 0.309 e. The summed E-state index contributed by atoms with van der Waals surface area (Å²) in [5.74, 6) is 0. The Kier molecular flexibility index (Phi) is 4.67. The number of nitrogens with one attached hydrogen (secondary N) is 3. The topological polar surface area (TPSA) is 86.9 Å². The van der Waals surface area contributed by atoms with Crippen molar-refractivity contribution >= 4 is 22.4 Å². The molecule has 0 bridgehead atoms. The molecular weight excluding hydrogens is 312 g/mol. The van der Waals surface area contributed by atoms with Gasteiger partial charge in [0.25, 0.3) is 0 Å². The molecule has 3 N–H and O–H groups in total. The Morgan fingerprint density at radius 1 is 1.29 bits per heavy atom. The Morgan fingerprint density at radius 2 is 2.05 bits per heavy atom. The van der Waals surface area contributed by atoms with E-state index in [4.69, 9.17) is 0 Å². The molecule has 1 aromatic heterocycles. The molecule has 3 rings (SSSR count). The van der Waals surface area contributed by atoms with E-state index < -0.39 is 10.0 Å². The lowest BCUT2D eigenvalue weighted by molar-refractivity contribution is 0.580. The quantitative estimate of drug-likeness (QED) is 0.787. The minimum absolute atomic E-state index is 0. The number of aryl methyl sites for hydroxylation is 1. The number of aromatic nitrogens is 2. The van der Waals surface area contributed by atoms with E-state index in [1.54, 1.807) is 6.92 Å². The van der Waals surface area contributed by atoms with E-state index >= 15 is 0 Å². The summed E-state index contributed by atoms with van der Waals surface area (Å²) in [7, 11) is -3.52. The summed E-state index contributed by atoms with van der Waals surface area (Å²) < 4.78 is 26.9. The maximum absolute atomic E-state index is 12.1. The van der Waals surface area contributed by atoms with E-state index in [1.165, 1.54) is 17.3 Å². The first-order chi connectivity index (χ1) is 9.56. The fraction of sp³-hybridized carbons (Fsp3) is 0.308. The van der Waals surface area contributed by atoms with E-state index in [9.17, 15) is 8.42 Å². The molecule has 6 nitrogen and oxygen atoms in total. The van der Waals surface area contributed by atoms with E-state index in [2.05, 4.69) is 20.2 Å². The smallest absolute Gasteiger partial charge is 0.244 e. The number of hydrogen-bond donors (Lipinski definition) is 3. The number of aromatic amines is 1. The molecule has 1 aliphatic rings. The lowest BCUT2D eigenvalue weighted by atomic mass is 10.1. The van der Waals surface area contributed by atoms with Crippen LogP contribution in [-0.2, 0) is 29.7 Å². The molecule has 8 heteroatoms. The van der Waals surface area contributed by atoms with Crippen LogP contribution in [0.15, 0.2) is 29.3 Å². The van der Waals surface area contributed by atoms with Crippen molar-refractivity contribution in [3.05, 3.63) is 46.8 Å². The van der Waals surface area contributed by atoms with E-state index in [1.807, 2.05) is 18.2 Å². The highest BCUT2D eigenvalue weighted by Crippen LogP contribution is 2.18. The minimum atomic E-state index is -3.52. The van der Waals surface area contributed by atoms with Crippen molar-refractivity contribution < 1.29 is 8.42 Å². The van der Waals surface area contributed by atoms with Gasteiger partial charge >= 0.3 is 0 Å². The van der Waals surface area contributed by atoms with Gasteiger partial charge in [-0.3, -0.25) is 5.10 Å². The van der Waals surface area contributed by atoms with Gasteiger partial charge in [-0.2, -0.15) is 5.10 Å². The molecule has 0 amide bonds. The summed E-state index contributed by atoms with van der Waals surface area (Å²) in [4.78, 5) is 0.195. The van der Waals surface area contributed by atoms with Crippen LogP contribution in [0.25, 0.3) is 0 Å². The molecular formula is C13H17ClN4O2S. The molecule has 2 heterocycles. The van der Waals surface area contributed by atoms with Crippen LogP contribution in [0.5, 0.6) is 0 Å². The first kappa shape index (κ1) is 16.0. The summed E-state index contributed by atoms with van der Waals surface area (Å²) in [6.45, 7) is 3.69. The average molecular weight is 329 g/mol. The molecule has 21 heavy (non-hydrogen) atoms. The standard InChI is InChI=1S/C13H16N4O2S.ClH/c1-9-13(8-15-17-9)20(18,19)16-5-10-2-3-11-6-14-7-12(11)4-10;/h2-4,8,14,16H,5-7H2,1H3,(H,15,17);1H. The molecule has 1 aromatic carbocycles. The van der Waals surface area contributed by atoms with Crippen LogP contribution in [0, 0.1) is 6.92 Å². The Hall–Kier alpha value is -1.41. The molecule has 0 aliphatic carbocycles. The van der Waals surface area contributed by atoms with Crippen molar-refractivity contribution in [2.24, 2.45) is 0 Å². The van der Waals surface area contributed by atoms with Gasteiger partial charge in [0.05, 0.1) is 11.9 Å². The van der Waals surface area contributed by atoms with Gasteiger partial charge in [-0.05, 0) is 23.6 Å². The average Bonchev–Trinajstić information content (AvgIpc) is 3.04. The molecule has 0 fully saturated rings. The monoisotopic (exact) mass is 328 g/mol. The van der Waals surface area contributed by atoms with Crippen LogP contribution in [-0.4, -0.2) is 18.6 Å². The summed E-state index contributed by atoms with van der Waals surface area (Å²) in [6.07, 6.45) is 1.32. The van der Waals surface area contributed by atoms with Gasteiger partial charge in [-0.1, -0.05) is 18.2 Å². The SMILES string of the molecule is Cc1[nH]ncc1S(=O)(=O)NCc1ccc2c(c1)CNC2.Cl. The summed E-state index contributed by atoms with van der Waals surface area (Å²) in [5.41, 5.74) is 4.01. The zero-order valence-corrected chi connectivity index (χ0v) is 13.1. The van der Waals surface area contributed by atoms with Gasteiger partial charge in [0.2, 0.25) is 10.0 Å².